The van der Waals surface area contributed by atoms with Crippen molar-refractivity contribution < 1.29 is 22.7 Å². The number of hydrogen-bond donors (Lipinski definition) is 2. The lowest BCUT2D eigenvalue weighted by Gasteiger charge is -2.27. The Hall–Kier alpha value is -3.32. The number of aromatic amines is 1. The van der Waals surface area contributed by atoms with Gasteiger partial charge >= 0.3 is 0 Å². The van der Waals surface area contributed by atoms with Crippen molar-refractivity contribution >= 4 is 38.3 Å². The smallest absolute Gasteiger partial charge is 0.256 e. The van der Waals surface area contributed by atoms with Crippen LogP contribution < -0.4 is 15.8 Å². The molecule has 1 amide bonds. The third-order valence-corrected chi connectivity index (χ3v) is 7.90. The summed E-state index contributed by atoms with van der Waals surface area (Å²) in [4.78, 5) is 34.6. The lowest BCUT2D eigenvalue weighted by atomic mass is 10.1. The topological polar surface area (TPSA) is 134 Å². The predicted molar refractivity (Wildman–Crippen MR) is 129 cm³/mol. The third-order valence-electron chi connectivity index (χ3n) is 6.01. The van der Waals surface area contributed by atoms with Crippen LogP contribution in [0.1, 0.15) is 10.4 Å². The summed E-state index contributed by atoms with van der Waals surface area (Å²) >= 11 is 0. The van der Waals surface area contributed by atoms with Crippen molar-refractivity contribution in [2.45, 2.75) is 4.90 Å². The molecule has 11 nitrogen and oxygen atoms in total. The number of nitrogens with zero attached hydrogens (tertiary/aromatic N) is 3. The quantitative estimate of drug-likeness (QED) is 0.532. The maximum absolute atomic E-state index is 13.1. The number of sulfonamides is 1. The molecule has 0 saturated carbocycles. The molecule has 2 fully saturated rings. The number of nitrogens with one attached hydrogen (secondary N) is 2. The number of amides is 1. The molecule has 3 aromatic rings. The van der Waals surface area contributed by atoms with Crippen LogP contribution in [0.5, 0.6) is 0 Å². The number of rotatable bonds is 5. The van der Waals surface area contributed by atoms with Crippen LogP contribution in [0.4, 0.5) is 11.5 Å². The van der Waals surface area contributed by atoms with E-state index in [0.29, 0.717) is 43.0 Å². The number of hydrogen-bond acceptors (Lipinski definition) is 8. The number of pyridine rings is 2. The van der Waals surface area contributed by atoms with E-state index < -0.39 is 21.5 Å². The summed E-state index contributed by atoms with van der Waals surface area (Å²) in [6, 6.07) is 9.06. The maximum atomic E-state index is 13.1. The number of fused-ring (bicyclic) bond motifs is 1. The largest absolute Gasteiger partial charge is 0.379 e. The molecule has 12 heteroatoms. The molecule has 2 aromatic heterocycles. The molecular weight excluding hydrogens is 474 g/mol. The highest BCUT2D eigenvalue weighted by Crippen LogP contribution is 2.24. The van der Waals surface area contributed by atoms with E-state index in [2.05, 4.69) is 20.2 Å². The Morgan fingerprint density at radius 1 is 0.971 bits per heavy atom. The van der Waals surface area contributed by atoms with E-state index in [1.807, 2.05) is 6.07 Å². The monoisotopic (exact) mass is 499 g/mol. The lowest BCUT2D eigenvalue weighted by molar-refractivity contribution is 0.0730. The van der Waals surface area contributed by atoms with Crippen LogP contribution in [0, 0.1) is 0 Å². The van der Waals surface area contributed by atoms with Crippen LogP contribution in [0.15, 0.2) is 52.3 Å². The van der Waals surface area contributed by atoms with Gasteiger partial charge in [-0.15, -0.1) is 0 Å². The molecule has 2 saturated heterocycles. The average molecular weight is 500 g/mol. The van der Waals surface area contributed by atoms with Crippen molar-refractivity contribution in [3.8, 4) is 0 Å². The van der Waals surface area contributed by atoms with Gasteiger partial charge in [0, 0.05) is 43.1 Å². The second-order valence-corrected chi connectivity index (χ2v) is 10.2. The molecule has 0 radical (unpaired) electrons. The molecule has 5 rings (SSSR count). The number of aromatic nitrogens is 2. The van der Waals surface area contributed by atoms with Crippen LogP contribution in [0.25, 0.3) is 10.9 Å². The number of anilines is 2. The molecule has 0 bridgehead atoms. The van der Waals surface area contributed by atoms with Gasteiger partial charge in [-0.25, -0.2) is 13.4 Å². The minimum Gasteiger partial charge on any atom is -0.379 e. The fourth-order valence-corrected chi connectivity index (χ4v) is 5.59. The molecular formula is C23H25N5O6S. The minimum absolute atomic E-state index is 0.0459. The standard InChI is InChI=1S/C23H25N5O6S/c29-22-14-19(23(30)25-16-1-4-21(24-15-16)27-5-9-33-10-6-27)18-13-17(2-3-20(18)26-22)35(31,32)28-7-11-34-12-8-28/h1-4,13-15H,5-12H2,(H,25,30)(H,26,29). The number of benzene rings is 1. The summed E-state index contributed by atoms with van der Waals surface area (Å²) in [5.41, 5.74) is 0.425. The van der Waals surface area contributed by atoms with Crippen LogP contribution in [-0.2, 0) is 19.5 Å². The Balaban J connectivity index is 1.43. The van der Waals surface area contributed by atoms with Crippen molar-refractivity contribution in [3.05, 3.63) is 58.5 Å². The molecule has 35 heavy (non-hydrogen) atoms. The first-order valence-corrected chi connectivity index (χ1v) is 12.7. The van der Waals surface area contributed by atoms with Gasteiger partial charge in [0.25, 0.3) is 5.91 Å². The highest BCUT2D eigenvalue weighted by atomic mass is 32.2. The molecule has 2 N–H and O–H groups in total. The summed E-state index contributed by atoms with van der Waals surface area (Å²) in [5, 5.41) is 3.08. The minimum atomic E-state index is -3.77. The van der Waals surface area contributed by atoms with Crippen LogP contribution >= 0.6 is 0 Å². The van der Waals surface area contributed by atoms with E-state index in [-0.39, 0.29) is 23.5 Å². The number of morpholine rings is 2. The summed E-state index contributed by atoms with van der Waals surface area (Å²) in [6.45, 7) is 3.93. The Morgan fingerprint density at radius 3 is 2.37 bits per heavy atom. The van der Waals surface area contributed by atoms with Crippen LogP contribution in [0.3, 0.4) is 0 Å². The third kappa shape index (κ3) is 4.91. The first kappa shape index (κ1) is 23.4. The van der Waals surface area contributed by atoms with Gasteiger partial charge in [-0.2, -0.15) is 4.31 Å². The fourth-order valence-electron chi connectivity index (χ4n) is 4.16. The van der Waals surface area contributed by atoms with Gasteiger partial charge in [-0.3, -0.25) is 9.59 Å². The Bertz CT molecular complexity index is 1390. The second-order valence-electron chi connectivity index (χ2n) is 8.23. The van der Waals surface area contributed by atoms with Crippen molar-refractivity contribution in [2.75, 3.05) is 62.8 Å². The first-order valence-electron chi connectivity index (χ1n) is 11.3. The summed E-state index contributed by atoms with van der Waals surface area (Å²) in [5.74, 6) is 0.244. The maximum Gasteiger partial charge on any atom is 0.256 e. The van der Waals surface area contributed by atoms with Crippen molar-refractivity contribution in [3.63, 3.8) is 0 Å². The van der Waals surface area contributed by atoms with E-state index in [1.165, 1.54) is 28.6 Å². The molecule has 2 aliphatic heterocycles. The number of carbonyl (C=O) groups is 1. The second kappa shape index (κ2) is 9.74. The number of carbonyl (C=O) groups excluding carboxylic acids is 1. The highest BCUT2D eigenvalue weighted by Gasteiger charge is 2.27. The lowest BCUT2D eigenvalue weighted by Crippen LogP contribution is -2.40. The zero-order chi connectivity index (χ0) is 24.4. The molecule has 4 heterocycles. The first-order chi connectivity index (χ1) is 16.9. The molecule has 0 aliphatic carbocycles. The number of H-pyrrole nitrogens is 1. The Kier molecular flexibility index (Phi) is 6.52. The average Bonchev–Trinajstić information content (AvgIpc) is 2.89. The zero-order valence-corrected chi connectivity index (χ0v) is 19.7. The van der Waals surface area contributed by atoms with Crippen molar-refractivity contribution in [1.82, 2.24) is 14.3 Å². The van der Waals surface area contributed by atoms with Crippen molar-refractivity contribution in [2.24, 2.45) is 0 Å². The van der Waals surface area contributed by atoms with E-state index in [4.69, 9.17) is 9.47 Å². The summed E-state index contributed by atoms with van der Waals surface area (Å²) < 4.78 is 38.2. The SMILES string of the molecule is O=C(Nc1ccc(N2CCOCC2)nc1)c1cc(=O)[nH]c2ccc(S(=O)(=O)N3CCOCC3)cc12. The van der Waals surface area contributed by atoms with E-state index in [1.54, 1.807) is 12.3 Å². The Labute approximate surface area is 201 Å². The van der Waals surface area contributed by atoms with Gasteiger partial charge in [-0.1, -0.05) is 0 Å². The number of ether oxygens (including phenoxy) is 2. The molecule has 2 aliphatic rings. The van der Waals surface area contributed by atoms with Gasteiger partial charge in [0.2, 0.25) is 15.6 Å². The summed E-state index contributed by atoms with van der Waals surface area (Å²) in [6.07, 6.45) is 1.55. The normalized spacial score (nSPS) is 17.4. The van der Waals surface area contributed by atoms with Crippen LogP contribution in [-0.4, -0.2) is 81.2 Å². The predicted octanol–water partition coefficient (Wildman–Crippen LogP) is 1.03. The van der Waals surface area contributed by atoms with Gasteiger partial charge in [0.1, 0.15) is 5.82 Å². The zero-order valence-electron chi connectivity index (χ0n) is 18.9. The molecule has 184 valence electrons. The van der Waals surface area contributed by atoms with Gasteiger partial charge in [0.15, 0.2) is 0 Å². The molecule has 0 unspecified atom stereocenters. The van der Waals surface area contributed by atoms with Crippen LogP contribution in [0.2, 0.25) is 0 Å². The van der Waals surface area contributed by atoms with Gasteiger partial charge < -0.3 is 24.7 Å². The van der Waals surface area contributed by atoms with E-state index in [0.717, 1.165) is 18.9 Å². The highest BCUT2D eigenvalue weighted by molar-refractivity contribution is 7.89. The molecule has 1 aromatic carbocycles. The van der Waals surface area contributed by atoms with Gasteiger partial charge in [0.05, 0.1) is 48.8 Å². The molecule has 0 spiro atoms. The van der Waals surface area contributed by atoms with Gasteiger partial charge in [-0.05, 0) is 30.3 Å². The Morgan fingerprint density at radius 2 is 1.69 bits per heavy atom. The van der Waals surface area contributed by atoms with Crippen molar-refractivity contribution in [1.29, 1.82) is 0 Å². The van der Waals surface area contributed by atoms with E-state index in [9.17, 15) is 18.0 Å². The van der Waals surface area contributed by atoms with E-state index >= 15 is 0 Å². The molecule has 0 atom stereocenters. The summed E-state index contributed by atoms with van der Waals surface area (Å²) in [7, 11) is -3.77. The fraction of sp³-hybridized carbons (Fsp3) is 0.348.